The summed E-state index contributed by atoms with van der Waals surface area (Å²) in [6, 6.07) is 8.00. The molecule has 0 aromatic heterocycles. The molecule has 0 N–H and O–H groups in total. The highest BCUT2D eigenvalue weighted by molar-refractivity contribution is 9.09. The van der Waals surface area contributed by atoms with Crippen LogP contribution in [-0.4, -0.2) is 31.8 Å². The van der Waals surface area contributed by atoms with Gasteiger partial charge in [-0.15, -0.1) is 0 Å². The molecule has 1 aromatic carbocycles. The van der Waals surface area contributed by atoms with Crippen molar-refractivity contribution in [1.29, 1.82) is 0 Å². The Morgan fingerprint density at radius 2 is 2.17 bits per heavy atom. The molecule has 0 bridgehead atoms. The first-order chi connectivity index (χ1) is 8.83. The van der Waals surface area contributed by atoms with Crippen LogP contribution in [0.2, 0.25) is 0 Å². The molecule has 4 heteroatoms. The molecule has 1 saturated heterocycles. The molecule has 0 amide bonds. The van der Waals surface area contributed by atoms with E-state index in [1.807, 2.05) is 24.3 Å². The molecular formula is C14H19BrO3. The Labute approximate surface area is 117 Å². The second-order valence-corrected chi connectivity index (χ2v) is 5.03. The first-order valence-corrected chi connectivity index (χ1v) is 7.38. The van der Waals surface area contributed by atoms with E-state index in [0.717, 1.165) is 36.1 Å². The second-order valence-electron chi connectivity index (χ2n) is 4.38. The average molecular weight is 315 g/mol. The number of methoxy groups -OCH3 is 1. The number of ether oxygens (including phenoxy) is 3. The van der Waals surface area contributed by atoms with Gasteiger partial charge in [0.05, 0.1) is 25.9 Å². The first-order valence-electron chi connectivity index (χ1n) is 6.26. The van der Waals surface area contributed by atoms with E-state index in [2.05, 4.69) is 15.9 Å². The summed E-state index contributed by atoms with van der Waals surface area (Å²) in [5.74, 6) is 0.867. The van der Waals surface area contributed by atoms with Crippen LogP contribution in [0.3, 0.4) is 0 Å². The van der Waals surface area contributed by atoms with E-state index in [4.69, 9.17) is 14.2 Å². The van der Waals surface area contributed by atoms with E-state index in [0.29, 0.717) is 6.61 Å². The number of halogens is 1. The number of alkyl halides is 1. The lowest BCUT2D eigenvalue weighted by atomic mass is 10.1. The van der Waals surface area contributed by atoms with Gasteiger partial charge in [0.25, 0.3) is 0 Å². The zero-order valence-electron chi connectivity index (χ0n) is 10.6. The molecule has 1 fully saturated rings. The predicted molar refractivity (Wildman–Crippen MR) is 74.5 cm³/mol. The maximum absolute atomic E-state index is 5.92. The molecule has 100 valence electrons. The molecule has 1 heterocycles. The van der Waals surface area contributed by atoms with Gasteiger partial charge < -0.3 is 14.2 Å². The molecule has 3 nitrogen and oxygen atoms in total. The monoisotopic (exact) mass is 314 g/mol. The van der Waals surface area contributed by atoms with Crippen molar-refractivity contribution in [2.45, 2.75) is 25.0 Å². The molecule has 2 atom stereocenters. The van der Waals surface area contributed by atoms with Gasteiger partial charge in [0.1, 0.15) is 5.75 Å². The Kier molecular flexibility index (Phi) is 5.47. The van der Waals surface area contributed by atoms with Gasteiger partial charge in [-0.25, -0.2) is 0 Å². The lowest BCUT2D eigenvalue weighted by Crippen LogP contribution is -2.17. The maximum atomic E-state index is 5.92. The van der Waals surface area contributed by atoms with E-state index in [1.165, 1.54) is 0 Å². The summed E-state index contributed by atoms with van der Waals surface area (Å²) in [7, 11) is 1.67. The van der Waals surface area contributed by atoms with Crippen LogP contribution in [0.1, 0.15) is 24.5 Å². The van der Waals surface area contributed by atoms with Gasteiger partial charge >= 0.3 is 0 Å². The molecule has 1 aliphatic rings. The Morgan fingerprint density at radius 1 is 1.39 bits per heavy atom. The van der Waals surface area contributed by atoms with E-state index in [-0.39, 0.29) is 12.2 Å². The molecule has 18 heavy (non-hydrogen) atoms. The third-order valence-electron chi connectivity index (χ3n) is 3.14. The minimum absolute atomic E-state index is 0.0695. The minimum atomic E-state index is 0.0695. The Bertz CT molecular complexity index is 347. The zero-order chi connectivity index (χ0) is 12.8. The van der Waals surface area contributed by atoms with Crippen LogP contribution in [0.15, 0.2) is 24.3 Å². The van der Waals surface area contributed by atoms with Crippen molar-refractivity contribution in [3.05, 3.63) is 29.8 Å². The van der Waals surface area contributed by atoms with Crippen LogP contribution in [0.5, 0.6) is 5.75 Å². The lowest BCUT2D eigenvalue weighted by Gasteiger charge is -2.18. The van der Waals surface area contributed by atoms with Crippen molar-refractivity contribution in [3.63, 3.8) is 0 Å². The highest BCUT2D eigenvalue weighted by Gasteiger charge is 2.18. The predicted octanol–water partition coefficient (Wildman–Crippen LogP) is 3.33. The van der Waals surface area contributed by atoms with Gasteiger partial charge in [0.15, 0.2) is 0 Å². The molecule has 0 radical (unpaired) electrons. The zero-order valence-corrected chi connectivity index (χ0v) is 12.2. The van der Waals surface area contributed by atoms with Crippen LogP contribution in [0.4, 0.5) is 0 Å². The number of hydrogen-bond donors (Lipinski definition) is 0. The van der Waals surface area contributed by atoms with Crippen molar-refractivity contribution in [3.8, 4) is 5.75 Å². The van der Waals surface area contributed by atoms with Crippen molar-refractivity contribution >= 4 is 15.9 Å². The normalized spacial score (nSPS) is 20.9. The second kappa shape index (κ2) is 7.12. The maximum Gasteiger partial charge on any atom is 0.118 e. The minimum Gasteiger partial charge on any atom is -0.497 e. The van der Waals surface area contributed by atoms with Crippen molar-refractivity contribution in [1.82, 2.24) is 0 Å². The van der Waals surface area contributed by atoms with Crippen LogP contribution < -0.4 is 4.74 Å². The third-order valence-corrected chi connectivity index (χ3v) is 3.72. The molecule has 2 rings (SSSR count). The standard InChI is InChI=1S/C14H19BrO3/c1-16-12-6-4-11(5-7-12)14(9-15)18-10-13-3-2-8-17-13/h4-7,13-14H,2-3,8-10H2,1H3. The van der Waals surface area contributed by atoms with Crippen LogP contribution in [0, 0.1) is 0 Å². The van der Waals surface area contributed by atoms with Gasteiger partial charge in [-0.1, -0.05) is 28.1 Å². The smallest absolute Gasteiger partial charge is 0.118 e. The summed E-state index contributed by atoms with van der Waals surface area (Å²) in [5, 5.41) is 0.784. The average Bonchev–Trinajstić information content (AvgIpc) is 2.93. The highest BCUT2D eigenvalue weighted by Crippen LogP contribution is 2.24. The molecule has 0 spiro atoms. The fraction of sp³-hybridized carbons (Fsp3) is 0.571. The fourth-order valence-electron chi connectivity index (χ4n) is 2.05. The number of rotatable bonds is 6. The Hall–Kier alpha value is -0.580. The topological polar surface area (TPSA) is 27.7 Å². The number of benzene rings is 1. The first kappa shape index (κ1) is 13.8. The van der Waals surface area contributed by atoms with Crippen LogP contribution >= 0.6 is 15.9 Å². The van der Waals surface area contributed by atoms with Crippen molar-refractivity contribution in [2.75, 3.05) is 25.7 Å². The fourth-order valence-corrected chi connectivity index (χ4v) is 2.61. The Morgan fingerprint density at radius 3 is 2.72 bits per heavy atom. The Balaban J connectivity index is 1.89. The molecule has 1 aromatic rings. The molecule has 0 saturated carbocycles. The van der Waals surface area contributed by atoms with E-state index in [9.17, 15) is 0 Å². The summed E-state index contributed by atoms with van der Waals surface area (Å²) in [4.78, 5) is 0. The highest BCUT2D eigenvalue weighted by atomic mass is 79.9. The molecule has 0 aliphatic carbocycles. The van der Waals surface area contributed by atoms with Gasteiger partial charge in [0, 0.05) is 11.9 Å². The van der Waals surface area contributed by atoms with Crippen molar-refractivity contribution in [2.24, 2.45) is 0 Å². The van der Waals surface area contributed by atoms with Gasteiger partial charge in [-0.2, -0.15) is 0 Å². The SMILES string of the molecule is COc1ccc(C(CBr)OCC2CCCO2)cc1. The van der Waals surface area contributed by atoms with Crippen molar-refractivity contribution < 1.29 is 14.2 Å². The van der Waals surface area contributed by atoms with E-state index < -0.39 is 0 Å². The summed E-state index contributed by atoms with van der Waals surface area (Å²) in [6.45, 7) is 1.54. The summed E-state index contributed by atoms with van der Waals surface area (Å²) in [5.41, 5.74) is 1.16. The summed E-state index contributed by atoms with van der Waals surface area (Å²) in [6.07, 6.45) is 2.59. The van der Waals surface area contributed by atoms with E-state index in [1.54, 1.807) is 7.11 Å². The quantitative estimate of drug-likeness (QED) is 0.754. The van der Waals surface area contributed by atoms with Gasteiger partial charge in [-0.3, -0.25) is 0 Å². The largest absolute Gasteiger partial charge is 0.497 e. The summed E-state index contributed by atoms with van der Waals surface area (Å²) < 4.78 is 16.6. The van der Waals surface area contributed by atoms with E-state index >= 15 is 0 Å². The molecule has 1 aliphatic heterocycles. The van der Waals surface area contributed by atoms with Crippen LogP contribution in [-0.2, 0) is 9.47 Å². The lowest BCUT2D eigenvalue weighted by molar-refractivity contribution is -0.0127. The molecular weight excluding hydrogens is 296 g/mol. The van der Waals surface area contributed by atoms with Crippen LogP contribution in [0.25, 0.3) is 0 Å². The summed E-state index contributed by atoms with van der Waals surface area (Å²) >= 11 is 3.50. The third kappa shape index (κ3) is 3.70. The number of hydrogen-bond acceptors (Lipinski definition) is 3. The van der Waals surface area contributed by atoms with Gasteiger partial charge in [-0.05, 0) is 30.5 Å². The molecule has 2 unspecified atom stereocenters. The van der Waals surface area contributed by atoms with Gasteiger partial charge in [0.2, 0.25) is 0 Å².